The van der Waals surface area contributed by atoms with E-state index >= 15 is 0 Å². The van der Waals surface area contributed by atoms with Crippen molar-refractivity contribution in [2.45, 2.75) is 44.7 Å². The van der Waals surface area contributed by atoms with E-state index in [0.717, 1.165) is 24.8 Å². The fraction of sp³-hybridized carbons (Fsp3) is 0.556. The number of hydrogen-bond acceptors (Lipinski definition) is 3. The molecule has 0 aliphatic carbocycles. The molecule has 140 valence electrons. The van der Waals surface area contributed by atoms with Gasteiger partial charge in [0.05, 0.1) is 12.0 Å². The minimum Gasteiger partial charge on any atom is -0.352 e. The zero-order chi connectivity index (χ0) is 17.7. The lowest BCUT2D eigenvalue weighted by Crippen LogP contribution is -2.44. The van der Waals surface area contributed by atoms with Crippen LogP contribution in [0.15, 0.2) is 24.3 Å². The van der Waals surface area contributed by atoms with Crippen molar-refractivity contribution in [2.24, 2.45) is 11.7 Å². The maximum atomic E-state index is 12.8. The van der Waals surface area contributed by atoms with E-state index in [1.165, 1.54) is 0 Å². The third kappa shape index (κ3) is 5.33. The van der Waals surface area contributed by atoms with E-state index in [-0.39, 0.29) is 42.7 Å². The first kappa shape index (κ1) is 21.7. The fourth-order valence-corrected chi connectivity index (χ4v) is 3.46. The summed E-state index contributed by atoms with van der Waals surface area (Å²) in [7, 11) is 1.73. The van der Waals surface area contributed by atoms with Gasteiger partial charge in [-0.2, -0.15) is 0 Å². The molecule has 3 N–H and O–H groups in total. The summed E-state index contributed by atoms with van der Waals surface area (Å²) in [4.78, 5) is 26.6. The standard InChI is InChI=1S/C18H26ClN3O2.ClH/c1-3-4-8-14(11-20)21-18(24)15-10-16(23)22(2)17(15)12-6-5-7-13(19)9-12;/h5-7,9,14-15,17H,3-4,8,10-11,20H2,1-2H3,(H,21,24);1H. The summed E-state index contributed by atoms with van der Waals surface area (Å²) < 4.78 is 0. The Morgan fingerprint density at radius 1 is 1.48 bits per heavy atom. The Morgan fingerprint density at radius 3 is 2.80 bits per heavy atom. The van der Waals surface area contributed by atoms with Gasteiger partial charge in [-0.15, -0.1) is 12.4 Å². The molecule has 0 radical (unpaired) electrons. The third-order valence-electron chi connectivity index (χ3n) is 4.65. The van der Waals surface area contributed by atoms with Gasteiger partial charge in [-0.25, -0.2) is 0 Å². The van der Waals surface area contributed by atoms with Crippen LogP contribution in [-0.4, -0.2) is 36.3 Å². The molecule has 0 spiro atoms. The number of rotatable bonds is 7. The molecule has 2 rings (SSSR count). The average Bonchev–Trinajstić information content (AvgIpc) is 2.86. The van der Waals surface area contributed by atoms with Gasteiger partial charge in [0.25, 0.3) is 0 Å². The Bertz CT molecular complexity index is 597. The topological polar surface area (TPSA) is 75.4 Å². The zero-order valence-corrected chi connectivity index (χ0v) is 16.3. The summed E-state index contributed by atoms with van der Waals surface area (Å²) in [6.07, 6.45) is 3.15. The molecular formula is C18H27Cl2N3O2. The summed E-state index contributed by atoms with van der Waals surface area (Å²) >= 11 is 6.08. The maximum absolute atomic E-state index is 12.8. The van der Waals surface area contributed by atoms with E-state index in [0.29, 0.717) is 11.6 Å². The van der Waals surface area contributed by atoms with Gasteiger partial charge in [0.15, 0.2) is 0 Å². The Labute approximate surface area is 160 Å². The van der Waals surface area contributed by atoms with Crippen LogP contribution in [0.4, 0.5) is 0 Å². The molecule has 1 aliphatic rings. The lowest BCUT2D eigenvalue weighted by molar-refractivity contribution is -0.128. The van der Waals surface area contributed by atoms with Crippen LogP contribution in [0.2, 0.25) is 5.02 Å². The maximum Gasteiger partial charge on any atom is 0.226 e. The van der Waals surface area contributed by atoms with Crippen LogP contribution in [0.3, 0.4) is 0 Å². The SMILES string of the molecule is CCCCC(CN)NC(=O)C1CC(=O)N(C)C1c1cccc(Cl)c1.Cl. The van der Waals surface area contributed by atoms with E-state index in [1.54, 1.807) is 18.0 Å². The van der Waals surface area contributed by atoms with Gasteiger partial charge in [-0.3, -0.25) is 9.59 Å². The van der Waals surface area contributed by atoms with Crippen molar-refractivity contribution in [2.75, 3.05) is 13.6 Å². The number of amides is 2. The van der Waals surface area contributed by atoms with Crippen molar-refractivity contribution >= 4 is 35.8 Å². The van der Waals surface area contributed by atoms with Crippen molar-refractivity contribution < 1.29 is 9.59 Å². The second kappa shape index (κ2) is 10.00. The Kier molecular flexibility index (Phi) is 8.69. The third-order valence-corrected chi connectivity index (χ3v) is 4.89. The van der Waals surface area contributed by atoms with Gasteiger partial charge in [0.1, 0.15) is 0 Å². The second-order valence-electron chi connectivity index (χ2n) is 6.40. The first-order chi connectivity index (χ1) is 11.5. The quantitative estimate of drug-likeness (QED) is 0.754. The van der Waals surface area contributed by atoms with Crippen molar-refractivity contribution in [3.05, 3.63) is 34.9 Å². The highest BCUT2D eigenvalue weighted by Gasteiger charge is 2.43. The Morgan fingerprint density at radius 2 is 2.20 bits per heavy atom. The number of benzene rings is 1. The summed E-state index contributed by atoms with van der Waals surface area (Å²) in [6.45, 7) is 2.51. The molecule has 7 heteroatoms. The van der Waals surface area contributed by atoms with Gasteiger partial charge in [0.2, 0.25) is 11.8 Å². The number of nitrogens with one attached hydrogen (secondary N) is 1. The minimum absolute atomic E-state index is 0. The number of nitrogens with zero attached hydrogens (tertiary/aromatic N) is 1. The van der Waals surface area contributed by atoms with Crippen molar-refractivity contribution in [3.8, 4) is 0 Å². The van der Waals surface area contributed by atoms with Crippen molar-refractivity contribution in [1.82, 2.24) is 10.2 Å². The van der Waals surface area contributed by atoms with E-state index in [2.05, 4.69) is 12.2 Å². The Balaban J connectivity index is 0.00000312. The molecule has 0 aromatic heterocycles. The number of nitrogens with two attached hydrogens (primary N) is 1. The normalized spacial score (nSPS) is 21.0. The molecule has 1 heterocycles. The molecule has 1 aliphatic heterocycles. The van der Waals surface area contributed by atoms with E-state index in [4.69, 9.17) is 17.3 Å². The predicted octanol–water partition coefficient (Wildman–Crippen LogP) is 2.91. The summed E-state index contributed by atoms with van der Waals surface area (Å²) in [5.74, 6) is -0.557. The van der Waals surface area contributed by atoms with Crippen LogP contribution < -0.4 is 11.1 Å². The van der Waals surface area contributed by atoms with Gasteiger partial charge in [-0.05, 0) is 24.1 Å². The first-order valence-corrected chi connectivity index (χ1v) is 8.87. The highest BCUT2D eigenvalue weighted by Crippen LogP contribution is 2.37. The number of likely N-dealkylation sites (tertiary alicyclic amines) is 1. The van der Waals surface area contributed by atoms with Gasteiger partial charge in [0, 0.05) is 31.1 Å². The monoisotopic (exact) mass is 387 g/mol. The molecule has 1 saturated heterocycles. The van der Waals surface area contributed by atoms with Crippen LogP contribution in [0.5, 0.6) is 0 Å². The van der Waals surface area contributed by atoms with E-state index < -0.39 is 5.92 Å². The van der Waals surface area contributed by atoms with Crippen LogP contribution >= 0.6 is 24.0 Å². The van der Waals surface area contributed by atoms with Gasteiger partial charge >= 0.3 is 0 Å². The van der Waals surface area contributed by atoms with Crippen LogP contribution in [0.1, 0.15) is 44.2 Å². The molecular weight excluding hydrogens is 361 g/mol. The highest BCUT2D eigenvalue weighted by molar-refractivity contribution is 6.30. The molecule has 5 nitrogen and oxygen atoms in total. The van der Waals surface area contributed by atoms with Crippen molar-refractivity contribution in [3.63, 3.8) is 0 Å². The van der Waals surface area contributed by atoms with Crippen LogP contribution in [0, 0.1) is 5.92 Å². The fourth-order valence-electron chi connectivity index (χ4n) is 3.26. The molecule has 0 bridgehead atoms. The molecule has 1 fully saturated rings. The van der Waals surface area contributed by atoms with E-state index in [1.807, 2.05) is 18.2 Å². The molecule has 3 atom stereocenters. The number of carbonyl (C=O) groups excluding carboxylic acids is 2. The highest BCUT2D eigenvalue weighted by atomic mass is 35.5. The predicted molar refractivity (Wildman–Crippen MR) is 103 cm³/mol. The molecule has 0 saturated carbocycles. The van der Waals surface area contributed by atoms with Crippen molar-refractivity contribution in [1.29, 1.82) is 0 Å². The Hall–Kier alpha value is -1.30. The van der Waals surface area contributed by atoms with Crippen LogP contribution in [0.25, 0.3) is 0 Å². The minimum atomic E-state index is -0.420. The molecule has 25 heavy (non-hydrogen) atoms. The van der Waals surface area contributed by atoms with Gasteiger partial charge in [-0.1, -0.05) is 43.5 Å². The number of halogens is 2. The van der Waals surface area contributed by atoms with Crippen LogP contribution in [-0.2, 0) is 9.59 Å². The zero-order valence-electron chi connectivity index (χ0n) is 14.7. The average molecular weight is 388 g/mol. The van der Waals surface area contributed by atoms with E-state index in [9.17, 15) is 9.59 Å². The smallest absolute Gasteiger partial charge is 0.226 e. The molecule has 1 aromatic carbocycles. The summed E-state index contributed by atoms with van der Waals surface area (Å²) in [5.41, 5.74) is 6.65. The number of unbranched alkanes of at least 4 members (excludes halogenated alkanes) is 1. The number of hydrogen-bond donors (Lipinski definition) is 2. The van der Waals surface area contributed by atoms with Gasteiger partial charge < -0.3 is 16.0 Å². The summed E-state index contributed by atoms with van der Waals surface area (Å²) in [5, 5.41) is 3.62. The summed E-state index contributed by atoms with van der Waals surface area (Å²) in [6, 6.07) is 7.02. The largest absolute Gasteiger partial charge is 0.352 e. The molecule has 1 aromatic rings. The second-order valence-corrected chi connectivity index (χ2v) is 6.83. The lowest BCUT2D eigenvalue weighted by Gasteiger charge is -2.26. The number of carbonyl (C=O) groups is 2. The molecule has 3 unspecified atom stereocenters. The molecule has 2 amide bonds. The lowest BCUT2D eigenvalue weighted by atomic mass is 9.92. The first-order valence-electron chi connectivity index (χ1n) is 8.49.